The first kappa shape index (κ1) is 13.5. The van der Waals surface area contributed by atoms with E-state index in [4.69, 9.17) is 5.73 Å². The van der Waals surface area contributed by atoms with E-state index in [0.717, 1.165) is 19.5 Å². The molecule has 0 bridgehead atoms. The minimum atomic E-state index is -0.238. The molecule has 5 heteroatoms. The number of hydrogen-bond donors (Lipinski definition) is 2. The van der Waals surface area contributed by atoms with Crippen LogP contribution in [0.5, 0.6) is 0 Å². The number of aryl methyl sites for hydroxylation is 1. The highest BCUT2D eigenvalue weighted by Crippen LogP contribution is 2.30. The highest BCUT2D eigenvalue weighted by atomic mass is 16.3. The van der Waals surface area contributed by atoms with Gasteiger partial charge in [-0.1, -0.05) is 0 Å². The summed E-state index contributed by atoms with van der Waals surface area (Å²) in [6.45, 7) is 5.82. The fourth-order valence-electron chi connectivity index (χ4n) is 2.90. The zero-order valence-corrected chi connectivity index (χ0v) is 11.5. The van der Waals surface area contributed by atoms with Gasteiger partial charge in [-0.2, -0.15) is 5.10 Å². The Labute approximate surface area is 109 Å². The number of aromatic nitrogens is 2. The lowest BCUT2D eigenvalue weighted by molar-refractivity contribution is 0.119. The second-order valence-corrected chi connectivity index (χ2v) is 5.54. The average molecular weight is 252 g/mol. The van der Waals surface area contributed by atoms with Crippen molar-refractivity contribution in [3.05, 3.63) is 18.0 Å². The second-order valence-electron chi connectivity index (χ2n) is 5.54. The Balaban J connectivity index is 2.12. The Morgan fingerprint density at radius 3 is 2.67 bits per heavy atom. The molecule has 0 aliphatic carbocycles. The maximum Gasteiger partial charge on any atom is 0.0552 e. The molecule has 4 atom stereocenters. The summed E-state index contributed by atoms with van der Waals surface area (Å²) in [7, 11) is 1.92. The summed E-state index contributed by atoms with van der Waals surface area (Å²) in [5, 5.41) is 13.9. The molecular formula is C13H24N4O. The van der Waals surface area contributed by atoms with Crippen molar-refractivity contribution in [3.63, 3.8) is 0 Å². The summed E-state index contributed by atoms with van der Waals surface area (Å²) >= 11 is 0. The van der Waals surface area contributed by atoms with Gasteiger partial charge in [0.2, 0.25) is 0 Å². The van der Waals surface area contributed by atoms with Crippen LogP contribution in [-0.2, 0) is 7.05 Å². The van der Waals surface area contributed by atoms with Crippen molar-refractivity contribution in [1.29, 1.82) is 0 Å². The van der Waals surface area contributed by atoms with Gasteiger partial charge < -0.3 is 10.8 Å². The lowest BCUT2D eigenvalue weighted by Crippen LogP contribution is -2.38. The van der Waals surface area contributed by atoms with Gasteiger partial charge in [0.15, 0.2) is 0 Å². The van der Waals surface area contributed by atoms with Gasteiger partial charge in [-0.3, -0.25) is 9.58 Å². The van der Waals surface area contributed by atoms with E-state index in [2.05, 4.69) is 10.00 Å². The molecule has 1 aliphatic heterocycles. The molecule has 0 amide bonds. The van der Waals surface area contributed by atoms with Crippen LogP contribution in [0.3, 0.4) is 0 Å². The SMILES string of the molecule is CC(N)C(c1cnn(C)c1)N1CCC(C(C)O)C1. The fraction of sp³-hybridized carbons (Fsp3) is 0.769. The average Bonchev–Trinajstić information content (AvgIpc) is 2.88. The number of aliphatic hydroxyl groups is 1. The molecule has 1 saturated heterocycles. The largest absolute Gasteiger partial charge is 0.393 e. The Kier molecular flexibility index (Phi) is 4.04. The first-order valence-corrected chi connectivity index (χ1v) is 6.65. The summed E-state index contributed by atoms with van der Waals surface area (Å²) in [6, 6.07) is 0.254. The topological polar surface area (TPSA) is 67.3 Å². The van der Waals surface area contributed by atoms with Gasteiger partial charge in [-0.15, -0.1) is 0 Å². The number of rotatable bonds is 4. The smallest absolute Gasteiger partial charge is 0.0552 e. The summed E-state index contributed by atoms with van der Waals surface area (Å²) in [4.78, 5) is 2.37. The van der Waals surface area contributed by atoms with Crippen molar-refractivity contribution in [1.82, 2.24) is 14.7 Å². The number of nitrogens with zero attached hydrogens (tertiary/aromatic N) is 3. The summed E-state index contributed by atoms with van der Waals surface area (Å²) in [5.74, 6) is 0.364. The zero-order chi connectivity index (χ0) is 13.3. The molecule has 0 spiro atoms. The first-order valence-electron chi connectivity index (χ1n) is 6.65. The Hall–Kier alpha value is -0.910. The highest BCUT2D eigenvalue weighted by Gasteiger charge is 2.33. The predicted octanol–water partition coefficient (Wildman–Crippen LogP) is 0.511. The van der Waals surface area contributed by atoms with E-state index in [1.165, 1.54) is 5.56 Å². The monoisotopic (exact) mass is 252 g/mol. The molecule has 102 valence electrons. The standard InChI is InChI=1S/C13H24N4O/c1-9(14)13(12-6-15-16(3)7-12)17-5-4-11(8-17)10(2)18/h6-7,9-11,13,18H,4-5,8,14H2,1-3H3. The van der Waals surface area contributed by atoms with Gasteiger partial charge in [-0.25, -0.2) is 0 Å². The number of nitrogens with two attached hydrogens (primary N) is 1. The van der Waals surface area contributed by atoms with E-state index in [-0.39, 0.29) is 18.2 Å². The van der Waals surface area contributed by atoms with Gasteiger partial charge in [0, 0.05) is 31.4 Å². The third-order valence-corrected chi connectivity index (χ3v) is 3.90. The van der Waals surface area contributed by atoms with Crippen LogP contribution in [0.2, 0.25) is 0 Å². The van der Waals surface area contributed by atoms with Crippen LogP contribution >= 0.6 is 0 Å². The molecule has 1 aromatic heterocycles. The molecule has 1 aromatic rings. The summed E-state index contributed by atoms with van der Waals surface area (Å²) < 4.78 is 1.81. The summed E-state index contributed by atoms with van der Waals surface area (Å²) in [6.07, 6.45) is 4.73. The van der Waals surface area contributed by atoms with Crippen molar-refractivity contribution >= 4 is 0 Å². The van der Waals surface area contributed by atoms with E-state index in [0.29, 0.717) is 5.92 Å². The van der Waals surface area contributed by atoms with Crippen LogP contribution < -0.4 is 5.73 Å². The van der Waals surface area contributed by atoms with Crippen molar-refractivity contribution in [3.8, 4) is 0 Å². The minimum absolute atomic E-state index is 0.0574. The van der Waals surface area contributed by atoms with Crippen molar-refractivity contribution in [2.24, 2.45) is 18.7 Å². The van der Waals surface area contributed by atoms with Gasteiger partial charge >= 0.3 is 0 Å². The number of likely N-dealkylation sites (tertiary alicyclic amines) is 1. The van der Waals surface area contributed by atoms with Crippen LogP contribution in [0.25, 0.3) is 0 Å². The molecule has 0 saturated carbocycles. The molecule has 2 heterocycles. The van der Waals surface area contributed by atoms with Gasteiger partial charge in [0.05, 0.1) is 18.3 Å². The van der Waals surface area contributed by atoms with Crippen molar-refractivity contribution in [2.75, 3.05) is 13.1 Å². The number of hydrogen-bond acceptors (Lipinski definition) is 4. The van der Waals surface area contributed by atoms with Crippen molar-refractivity contribution < 1.29 is 5.11 Å². The van der Waals surface area contributed by atoms with Gasteiger partial charge in [-0.05, 0) is 32.7 Å². The molecule has 4 unspecified atom stereocenters. The van der Waals surface area contributed by atoms with E-state index in [9.17, 15) is 5.11 Å². The molecular weight excluding hydrogens is 228 g/mol. The molecule has 2 rings (SSSR count). The zero-order valence-electron chi connectivity index (χ0n) is 11.5. The third kappa shape index (κ3) is 2.74. The third-order valence-electron chi connectivity index (χ3n) is 3.90. The van der Waals surface area contributed by atoms with Gasteiger partial charge in [0.25, 0.3) is 0 Å². The predicted molar refractivity (Wildman–Crippen MR) is 71.0 cm³/mol. The molecule has 0 aromatic carbocycles. The number of aliphatic hydroxyl groups excluding tert-OH is 1. The molecule has 1 aliphatic rings. The van der Waals surface area contributed by atoms with Crippen LogP contribution in [0.4, 0.5) is 0 Å². The molecule has 0 radical (unpaired) electrons. The molecule has 1 fully saturated rings. The van der Waals surface area contributed by atoms with E-state index in [1.54, 1.807) is 0 Å². The van der Waals surface area contributed by atoms with Crippen LogP contribution in [0, 0.1) is 5.92 Å². The first-order chi connectivity index (χ1) is 8.49. The van der Waals surface area contributed by atoms with E-state index >= 15 is 0 Å². The second kappa shape index (κ2) is 5.38. The Morgan fingerprint density at radius 2 is 2.22 bits per heavy atom. The minimum Gasteiger partial charge on any atom is -0.393 e. The Bertz CT molecular complexity index is 388. The Morgan fingerprint density at radius 1 is 1.50 bits per heavy atom. The summed E-state index contributed by atoms with van der Waals surface area (Å²) in [5.41, 5.74) is 7.30. The van der Waals surface area contributed by atoms with E-state index in [1.807, 2.05) is 38.0 Å². The fourth-order valence-corrected chi connectivity index (χ4v) is 2.90. The lowest BCUT2D eigenvalue weighted by Gasteiger charge is -2.30. The van der Waals surface area contributed by atoms with E-state index < -0.39 is 0 Å². The lowest BCUT2D eigenvalue weighted by atomic mass is 10.0. The van der Waals surface area contributed by atoms with Crippen molar-refractivity contribution in [2.45, 2.75) is 38.5 Å². The van der Waals surface area contributed by atoms with Crippen LogP contribution in [-0.4, -0.2) is 45.0 Å². The maximum atomic E-state index is 9.69. The quantitative estimate of drug-likeness (QED) is 0.819. The molecule has 3 N–H and O–H groups in total. The molecule has 5 nitrogen and oxygen atoms in total. The van der Waals surface area contributed by atoms with Crippen LogP contribution in [0.15, 0.2) is 12.4 Å². The molecule has 18 heavy (non-hydrogen) atoms. The maximum absolute atomic E-state index is 9.69. The van der Waals surface area contributed by atoms with Crippen LogP contribution in [0.1, 0.15) is 31.9 Å². The normalized spacial score (nSPS) is 26.2. The van der Waals surface area contributed by atoms with Gasteiger partial charge in [0.1, 0.15) is 0 Å². The highest BCUT2D eigenvalue weighted by molar-refractivity contribution is 5.13.